The molecule has 0 atom stereocenters. The van der Waals surface area contributed by atoms with E-state index in [2.05, 4.69) is 4.98 Å². The molecule has 0 N–H and O–H groups in total. The molecule has 4 heteroatoms. The van der Waals surface area contributed by atoms with Gasteiger partial charge in [0, 0.05) is 5.41 Å². The number of aromatic nitrogens is 1. The molecule has 0 unspecified atom stereocenters. The summed E-state index contributed by atoms with van der Waals surface area (Å²) in [4.78, 5) is 16.3. The van der Waals surface area contributed by atoms with Crippen LogP contribution in [0.2, 0.25) is 0 Å². The highest BCUT2D eigenvalue weighted by atomic mass is 16.5. The first-order chi connectivity index (χ1) is 9.38. The van der Waals surface area contributed by atoms with Gasteiger partial charge in [-0.15, -0.1) is 0 Å². The van der Waals surface area contributed by atoms with E-state index < -0.39 is 5.97 Å². The zero-order valence-electron chi connectivity index (χ0n) is 12.3. The van der Waals surface area contributed by atoms with Gasteiger partial charge < -0.3 is 9.15 Å². The van der Waals surface area contributed by atoms with E-state index in [1.807, 2.05) is 51.1 Å². The van der Waals surface area contributed by atoms with Gasteiger partial charge in [0.2, 0.25) is 11.7 Å². The van der Waals surface area contributed by atoms with E-state index in [0.29, 0.717) is 11.6 Å². The Balaban J connectivity index is 2.08. The molecule has 0 radical (unpaired) electrons. The van der Waals surface area contributed by atoms with Gasteiger partial charge in [-0.25, -0.2) is 9.78 Å². The molecule has 0 spiro atoms. The van der Waals surface area contributed by atoms with Gasteiger partial charge in [0.15, 0.2) is 0 Å². The highest BCUT2D eigenvalue weighted by Crippen LogP contribution is 2.24. The lowest BCUT2D eigenvalue weighted by Gasteiger charge is -2.12. The summed E-state index contributed by atoms with van der Waals surface area (Å²) in [6.45, 7) is 7.93. The smallest absolute Gasteiger partial charge is 0.376 e. The Labute approximate surface area is 118 Å². The molecule has 2 aromatic rings. The van der Waals surface area contributed by atoms with Gasteiger partial charge in [0.25, 0.3) is 0 Å². The van der Waals surface area contributed by atoms with E-state index in [9.17, 15) is 4.79 Å². The predicted molar refractivity (Wildman–Crippen MR) is 75.5 cm³/mol. The third kappa shape index (κ3) is 3.26. The first kappa shape index (κ1) is 14.3. The number of hydrogen-bond acceptors (Lipinski definition) is 4. The minimum absolute atomic E-state index is 0.186. The highest BCUT2D eigenvalue weighted by Gasteiger charge is 2.25. The van der Waals surface area contributed by atoms with Crippen molar-refractivity contribution in [3.05, 3.63) is 53.2 Å². The van der Waals surface area contributed by atoms with Gasteiger partial charge in [-0.1, -0.05) is 51.1 Å². The zero-order valence-corrected chi connectivity index (χ0v) is 12.3. The van der Waals surface area contributed by atoms with Crippen LogP contribution >= 0.6 is 0 Å². The minimum atomic E-state index is -0.477. The van der Waals surface area contributed by atoms with Gasteiger partial charge in [-0.2, -0.15) is 0 Å². The third-order valence-electron chi connectivity index (χ3n) is 2.84. The summed E-state index contributed by atoms with van der Waals surface area (Å²) in [5, 5.41) is 0. The number of carbonyl (C=O) groups excluding carboxylic acids is 1. The number of carbonyl (C=O) groups is 1. The van der Waals surface area contributed by atoms with Crippen LogP contribution in [0.5, 0.6) is 0 Å². The monoisotopic (exact) mass is 273 g/mol. The lowest BCUT2D eigenvalue weighted by molar-refractivity contribution is 0.0431. The Morgan fingerprint density at radius 2 is 1.90 bits per heavy atom. The first-order valence-corrected chi connectivity index (χ1v) is 6.57. The molecule has 0 amide bonds. The number of nitrogens with zero attached hydrogens (tertiary/aromatic N) is 1. The second-order valence-corrected chi connectivity index (χ2v) is 5.75. The summed E-state index contributed by atoms with van der Waals surface area (Å²) in [7, 11) is 0. The standard InChI is InChI=1S/C16H19NO3/c1-11-13(20-15(17-11)16(2,3)4)14(18)19-10-12-8-6-5-7-9-12/h5-9H,10H2,1-4H3. The number of esters is 1. The number of hydrogen-bond donors (Lipinski definition) is 0. The quantitative estimate of drug-likeness (QED) is 0.801. The van der Waals surface area contributed by atoms with Crippen LogP contribution in [-0.4, -0.2) is 11.0 Å². The van der Waals surface area contributed by atoms with Crippen molar-refractivity contribution in [2.75, 3.05) is 0 Å². The molecule has 4 nitrogen and oxygen atoms in total. The minimum Gasteiger partial charge on any atom is -0.455 e. The molecule has 0 fully saturated rings. The van der Waals surface area contributed by atoms with Crippen molar-refractivity contribution in [3.8, 4) is 0 Å². The van der Waals surface area contributed by atoms with Crippen LogP contribution in [0.25, 0.3) is 0 Å². The Morgan fingerprint density at radius 3 is 2.45 bits per heavy atom. The molecule has 2 rings (SSSR count). The second-order valence-electron chi connectivity index (χ2n) is 5.75. The van der Waals surface area contributed by atoms with Crippen molar-refractivity contribution >= 4 is 5.97 Å². The van der Waals surface area contributed by atoms with Crippen LogP contribution in [-0.2, 0) is 16.8 Å². The molecule has 0 saturated carbocycles. The van der Waals surface area contributed by atoms with E-state index in [1.165, 1.54) is 0 Å². The fraction of sp³-hybridized carbons (Fsp3) is 0.375. The molecular formula is C16H19NO3. The average Bonchev–Trinajstić information content (AvgIpc) is 2.79. The summed E-state index contributed by atoms with van der Waals surface area (Å²) in [6.07, 6.45) is 0. The van der Waals surface area contributed by atoms with Gasteiger partial charge in [0.05, 0.1) is 5.69 Å². The largest absolute Gasteiger partial charge is 0.455 e. The highest BCUT2D eigenvalue weighted by molar-refractivity contribution is 5.87. The fourth-order valence-corrected chi connectivity index (χ4v) is 1.70. The molecule has 0 bridgehead atoms. The van der Waals surface area contributed by atoms with Crippen LogP contribution in [0, 0.1) is 6.92 Å². The maximum Gasteiger partial charge on any atom is 0.376 e. The summed E-state index contributed by atoms with van der Waals surface area (Å²) in [5.74, 6) is 0.252. The molecule has 1 aromatic carbocycles. The zero-order chi connectivity index (χ0) is 14.8. The van der Waals surface area contributed by atoms with Crippen molar-refractivity contribution in [2.45, 2.75) is 39.7 Å². The Hall–Kier alpha value is -2.10. The van der Waals surface area contributed by atoms with Crippen molar-refractivity contribution in [2.24, 2.45) is 0 Å². The summed E-state index contributed by atoms with van der Waals surface area (Å²) >= 11 is 0. The molecule has 106 valence electrons. The molecule has 20 heavy (non-hydrogen) atoms. The van der Waals surface area contributed by atoms with E-state index in [4.69, 9.17) is 9.15 Å². The topological polar surface area (TPSA) is 52.3 Å². The van der Waals surface area contributed by atoms with E-state index in [-0.39, 0.29) is 17.8 Å². The van der Waals surface area contributed by atoms with E-state index in [0.717, 1.165) is 5.56 Å². The molecule has 0 aliphatic heterocycles. The number of rotatable bonds is 3. The van der Waals surface area contributed by atoms with Gasteiger partial charge >= 0.3 is 5.97 Å². The van der Waals surface area contributed by atoms with Crippen molar-refractivity contribution < 1.29 is 13.9 Å². The van der Waals surface area contributed by atoms with Crippen molar-refractivity contribution in [1.29, 1.82) is 0 Å². The van der Waals surface area contributed by atoms with E-state index >= 15 is 0 Å². The summed E-state index contributed by atoms with van der Waals surface area (Å²) in [6, 6.07) is 9.53. The van der Waals surface area contributed by atoms with Gasteiger partial charge in [-0.3, -0.25) is 0 Å². The summed E-state index contributed by atoms with van der Waals surface area (Å²) in [5.41, 5.74) is 1.27. The SMILES string of the molecule is Cc1nc(C(C)(C)C)oc1C(=O)OCc1ccccc1. The van der Waals surface area contributed by atoms with Gasteiger partial charge in [-0.05, 0) is 12.5 Å². The maximum atomic E-state index is 12.0. The van der Waals surface area contributed by atoms with Crippen molar-refractivity contribution in [3.63, 3.8) is 0 Å². The molecular weight excluding hydrogens is 254 g/mol. The molecule has 1 heterocycles. The molecule has 1 aromatic heterocycles. The Kier molecular flexibility index (Phi) is 3.93. The van der Waals surface area contributed by atoms with Crippen LogP contribution < -0.4 is 0 Å². The van der Waals surface area contributed by atoms with Crippen molar-refractivity contribution in [1.82, 2.24) is 4.98 Å². The van der Waals surface area contributed by atoms with E-state index in [1.54, 1.807) is 6.92 Å². The molecule has 0 aliphatic rings. The fourth-order valence-electron chi connectivity index (χ4n) is 1.70. The number of benzene rings is 1. The normalized spacial score (nSPS) is 11.4. The Morgan fingerprint density at radius 1 is 1.25 bits per heavy atom. The first-order valence-electron chi connectivity index (χ1n) is 6.57. The predicted octanol–water partition coefficient (Wildman–Crippen LogP) is 3.64. The lowest BCUT2D eigenvalue weighted by atomic mass is 9.97. The van der Waals surface area contributed by atoms with Gasteiger partial charge in [0.1, 0.15) is 6.61 Å². The number of oxazole rings is 1. The molecule has 0 saturated heterocycles. The van der Waals surface area contributed by atoms with Crippen LogP contribution in [0.1, 0.15) is 48.5 Å². The Bertz CT molecular complexity index is 594. The lowest BCUT2D eigenvalue weighted by Crippen LogP contribution is -2.11. The van der Waals surface area contributed by atoms with Crippen LogP contribution in [0.4, 0.5) is 0 Å². The average molecular weight is 273 g/mol. The summed E-state index contributed by atoms with van der Waals surface area (Å²) < 4.78 is 10.8. The maximum absolute atomic E-state index is 12.0. The molecule has 0 aliphatic carbocycles. The number of aryl methyl sites for hydroxylation is 1. The number of ether oxygens (including phenoxy) is 1. The van der Waals surface area contributed by atoms with Crippen LogP contribution in [0.3, 0.4) is 0 Å². The van der Waals surface area contributed by atoms with Crippen LogP contribution in [0.15, 0.2) is 34.7 Å². The third-order valence-corrected chi connectivity index (χ3v) is 2.84. The second kappa shape index (κ2) is 5.49.